The number of halogens is 3. The molecule has 1 N–H and O–H groups in total. The zero-order valence-corrected chi connectivity index (χ0v) is 14.6. The van der Waals surface area contributed by atoms with E-state index in [9.17, 15) is 18.3 Å². The predicted octanol–water partition coefficient (Wildman–Crippen LogP) is 2.98. The topological polar surface area (TPSA) is 41.9 Å². The van der Waals surface area contributed by atoms with E-state index in [2.05, 4.69) is 4.90 Å². The molecule has 140 valence electrons. The summed E-state index contributed by atoms with van der Waals surface area (Å²) in [7, 11) is 4.95. The Morgan fingerprint density at radius 1 is 1.20 bits per heavy atom. The molecule has 3 rings (SSSR count). The lowest BCUT2D eigenvalue weighted by Crippen LogP contribution is -2.54. The van der Waals surface area contributed by atoms with E-state index in [-0.39, 0.29) is 18.9 Å². The Morgan fingerprint density at radius 2 is 1.88 bits per heavy atom. The number of fused-ring (bicyclic) bond motifs is 1. The number of rotatable bonds is 3. The number of likely N-dealkylation sites (tertiary alicyclic amines) is 1. The van der Waals surface area contributed by atoms with E-state index in [4.69, 9.17) is 9.47 Å². The highest BCUT2D eigenvalue weighted by Crippen LogP contribution is 2.54. The molecule has 2 fully saturated rings. The zero-order valence-electron chi connectivity index (χ0n) is 14.6. The Morgan fingerprint density at radius 3 is 2.48 bits per heavy atom. The molecule has 1 aliphatic heterocycles. The summed E-state index contributed by atoms with van der Waals surface area (Å²) < 4.78 is 51.0. The minimum atomic E-state index is -4.41. The van der Waals surface area contributed by atoms with E-state index in [0.717, 1.165) is 5.56 Å². The number of alkyl halides is 3. The van der Waals surface area contributed by atoms with Gasteiger partial charge in [0, 0.05) is 11.5 Å². The zero-order chi connectivity index (χ0) is 18.4. The lowest BCUT2D eigenvalue weighted by molar-refractivity contribution is -0.217. The molecule has 1 saturated heterocycles. The van der Waals surface area contributed by atoms with Gasteiger partial charge in [0.1, 0.15) is 0 Å². The van der Waals surface area contributed by atoms with Gasteiger partial charge < -0.3 is 19.5 Å². The summed E-state index contributed by atoms with van der Waals surface area (Å²) in [6.45, 7) is 0.705. The van der Waals surface area contributed by atoms with Crippen molar-refractivity contribution in [2.75, 3.05) is 27.8 Å². The fourth-order valence-electron chi connectivity index (χ4n) is 4.62. The van der Waals surface area contributed by atoms with Gasteiger partial charge in [0.05, 0.1) is 26.2 Å². The van der Waals surface area contributed by atoms with Gasteiger partial charge >= 0.3 is 6.18 Å². The van der Waals surface area contributed by atoms with E-state index in [1.54, 1.807) is 12.1 Å². The highest BCUT2D eigenvalue weighted by Gasteiger charge is 2.59. The van der Waals surface area contributed by atoms with Crippen LogP contribution in [-0.4, -0.2) is 56.1 Å². The van der Waals surface area contributed by atoms with Crippen LogP contribution in [0.25, 0.3) is 0 Å². The molecule has 4 nitrogen and oxygen atoms in total. The van der Waals surface area contributed by atoms with E-state index in [0.29, 0.717) is 24.5 Å². The molecule has 0 radical (unpaired) electrons. The molecule has 0 aromatic heterocycles. The molecule has 1 heterocycles. The second-order valence-electron chi connectivity index (χ2n) is 7.13. The third-order valence-corrected chi connectivity index (χ3v) is 5.97. The molecule has 0 bridgehead atoms. The molecular formula is C18H24F3NO3. The van der Waals surface area contributed by atoms with Gasteiger partial charge in [-0.1, -0.05) is 6.07 Å². The van der Waals surface area contributed by atoms with Crippen molar-refractivity contribution < 1.29 is 27.8 Å². The first-order valence-electron chi connectivity index (χ1n) is 8.40. The van der Waals surface area contributed by atoms with Gasteiger partial charge in [-0.3, -0.25) is 0 Å². The number of aliphatic hydroxyl groups is 1. The third kappa shape index (κ3) is 2.97. The first kappa shape index (κ1) is 18.3. The van der Waals surface area contributed by atoms with E-state index >= 15 is 0 Å². The maximum atomic E-state index is 13.5. The van der Waals surface area contributed by atoms with Crippen LogP contribution in [0.2, 0.25) is 0 Å². The summed E-state index contributed by atoms with van der Waals surface area (Å²) in [5.74, 6) is -0.644. The van der Waals surface area contributed by atoms with Gasteiger partial charge in [0.15, 0.2) is 11.5 Å². The molecule has 2 aliphatic rings. The molecule has 25 heavy (non-hydrogen) atoms. The molecule has 4 atom stereocenters. The van der Waals surface area contributed by atoms with Crippen LogP contribution in [0.1, 0.15) is 24.8 Å². The van der Waals surface area contributed by atoms with Gasteiger partial charge in [-0.2, -0.15) is 13.2 Å². The normalized spacial score (nSPS) is 33.2. The standard InChI is InChI=1S/C18H24F3NO3/c1-22-7-6-17(11-4-5-14(24-2)15(8-11)25-3)10-12(18(19,20)21)13(23)9-16(17)22/h4-5,8,12-13,16,23H,6-7,9-10H2,1-3H3/t12-,13-,16?,17+/m0/s1. The quantitative estimate of drug-likeness (QED) is 0.901. The molecule has 7 heteroatoms. The van der Waals surface area contributed by atoms with Gasteiger partial charge in [0.25, 0.3) is 0 Å². The number of aliphatic hydroxyl groups excluding tert-OH is 1. The minimum Gasteiger partial charge on any atom is -0.493 e. The van der Waals surface area contributed by atoms with Gasteiger partial charge in [-0.25, -0.2) is 0 Å². The van der Waals surface area contributed by atoms with Crippen molar-refractivity contribution in [2.45, 2.75) is 43.0 Å². The van der Waals surface area contributed by atoms with Crippen LogP contribution >= 0.6 is 0 Å². The minimum absolute atomic E-state index is 0.109. The van der Waals surface area contributed by atoms with Crippen LogP contribution < -0.4 is 9.47 Å². The third-order valence-electron chi connectivity index (χ3n) is 5.97. The van der Waals surface area contributed by atoms with Crippen LogP contribution in [0.4, 0.5) is 13.2 Å². The summed E-state index contributed by atoms with van der Waals surface area (Å²) in [5.41, 5.74) is 0.175. The molecule has 0 amide bonds. The lowest BCUT2D eigenvalue weighted by atomic mass is 9.62. The number of hydrogen-bond acceptors (Lipinski definition) is 4. The Hall–Kier alpha value is -1.47. The number of nitrogens with zero attached hydrogens (tertiary/aromatic N) is 1. The highest BCUT2D eigenvalue weighted by molar-refractivity contribution is 5.46. The molecule has 1 aromatic rings. The smallest absolute Gasteiger partial charge is 0.394 e. The molecule has 1 unspecified atom stereocenters. The maximum Gasteiger partial charge on any atom is 0.394 e. The molecule has 1 aliphatic carbocycles. The van der Waals surface area contributed by atoms with Crippen LogP contribution in [-0.2, 0) is 5.41 Å². The summed E-state index contributed by atoms with van der Waals surface area (Å²) in [6.07, 6.45) is -5.13. The van der Waals surface area contributed by atoms with Crippen molar-refractivity contribution in [2.24, 2.45) is 5.92 Å². The molecular weight excluding hydrogens is 335 g/mol. The van der Waals surface area contributed by atoms with Crippen molar-refractivity contribution in [1.29, 1.82) is 0 Å². The Balaban J connectivity index is 2.06. The number of ether oxygens (including phenoxy) is 2. The average Bonchev–Trinajstić information content (AvgIpc) is 2.90. The van der Waals surface area contributed by atoms with E-state index in [1.807, 2.05) is 13.1 Å². The van der Waals surface area contributed by atoms with Crippen molar-refractivity contribution in [3.05, 3.63) is 23.8 Å². The monoisotopic (exact) mass is 359 g/mol. The largest absolute Gasteiger partial charge is 0.493 e. The first-order valence-corrected chi connectivity index (χ1v) is 8.40. The Bertz CT molecular complexity index is 636. The highest BCUT2D eigenvalue weighted by atomic mass is 19.4. The van der Waals surface area contributed by atoms with E-state index < -0.39 is 23.6 Å². The number of benzene rings is 1. The second kappa shape index (κ2) is 6.36. The molecule has 0 spiro atoms. The Labute approximate surface area is 145 Å². The fourth-order valence-corrected chi connectivity index (χ4v) is 4.62. The Kier molecular flexibility index (Phi) is 4.66. The summed E-state index contributed by atoms with van der Waals surface area (Å²) in [5, 5.41) is 10.1. The predicted molar refractivity (Wildman–Crippen MR) is 87.0 cm³/mol. The number of likely N-dealkylation sites (N-methyl/N-ethyl adjacent to an activating group) is 1. The average molecular weight is 359 g/mol. The first-order chi connectivity index (χ1) is 11.7. The molecule has 1 aromatic carbocycles. The summed E-state index contributed by atoms with van der Waals surface area (Å²) >= 11 is 0. The summed E-state index contributed by atoms with van der Waals surface area (Å²) in [6, 6.07) is 5.24. The second-order valence-corrected chi connectivity index (χ2v) is 7.13. The van der Waals surface area contributed by atoms with Crippen LogP contribution in [0.3, 0.4) is 0 Å². The molecule has 1 saturated carbocycles. The van der Waals surface area contributed by atoms with Crippen LogP contribution in [0.15, 0.2) is 18.2 Å². The van der Waals surface area contributed by atoms with Gasteiger partial charge in [-0.15, -0.1) is 0 Å². The van der Waals surface area contributed by atoms with Crippen molar-refractivity contribution in [3.8, 4) is 11.5 Å². The fraction of sp³-hybridized carbons (Fsp3) is 0.667. The van der Waals surface area contributed by atoms with Crippen molar-refractivity contribution >= 4 is 0 Å². The summed E-state index contributed by atoms with van der Waals surface area (Å²) in [4.78, 5) is 2.06. The number of methoxy groups -OCH3 is 2. The number of hydrogen-bond donors (Lipinski definition) is 1. The van der Waals surface area contributed by atoms with E-state index in [1.165, 1.54) is 14.2 Å². The van der Waals surface area contributed by atoms with Crippen LogP contribution in [0, 0.1) is 5.92 Å². The van der Waals surface area contributed by atoms with Crippen LogP contribution in [0.5, 0.6) is 11.5 Å². The maximum absolute atomic E-state index is 13.5. The van der Waals surface area contributed by atoms with Crippen molar-refractivity contribution in [1.82, 2.24) is 4.90 Å². The SMILES string of the molecule is COc1ccc([C@]23CCN(C)C2C[C@H](O)[C@@H](C(F)(F)F)C3)cc1OC. The van der Waals surface area contributed by atoms with Crippen molar-refractivity contribution in [3.63, 3.8) is 0 Å². The lowest BCUT2D eigenvalue weighted by Gasteiger charge is -2.47. The van der Waals surface area contributed by atoms with Gasteiger partial charge in [0.2, 0.25) is 0 Å². The van der Waals surface area contributed by atoms with Gasteiger partial charge in [-0.05, 0) is 50.6 Å².